The van der Waals surface area contributed by atoms with Gasteiger partial charge in [0.2, 0.25) is 0 Å². The maximum absolute atomic E-state index is 5.33. The zero-order valence-electron chi connectivity index (χ0n) is 10.2. The molecule has 0 aromatic carbocycles. The molecule has 0 unspecified atom stereocenters. The third kappa shape index (κ3) is 6.37. The number of rotatable bonds is 9. The van der Waals surface area contributed by atoms with E-state index in [4.69, 9.17) is 13.3 Å². The van der Waals surface area contributed by atoms with E-state index in [1.807, 2.05) is 18.7 Å². The molecular formula is C10H22O3SSi. The van der Waals surface area contributed by atoms with Crippen LogP contribution in [0, 0.1) is 0 Å². The topological polar surface area (TPSA) is 27.7 Å². The summed E-state index contributed by atoms with van der Waals surface area (Å²) >= 11 is 1.89. The molecule has 15 heavy (non-hydrogen) atoms. The predicted octanol–water partition coefficient (Wildman–Crippen LogP) is 2.56. The van der Waals surface area contributed by atoms with Crippen molar-refractivity contribution in [2.45, 2.75) is 19.4 Å². The van der Waals surface area contributed by atoms with E-state index in [-0.39, 0.29) is 0 Å². The molecule has 0 atom stereocenters. The van der Waals surface area contributed by atoms with Gasteiger partial charge >= 0.3 is 8.80 Å². The highest BCUT2D eigenvalue weighted by molar-refractivity contribution is 7.99. The van der Waals surface area contributed by atoms with Crippen molar-refractivity contribution >= 4 is 20.6 Å². The van der Waals surface area contributed by atoms with Gasteiger partial charge < -0.3 is 13.3 Å². The molecular weight excluding hydrogens is 228 g/mol. The van der Waals surface area contributed by atoms with Crippen molar-refractivity contribution in [3.05, 3.63) is 12.2 Å². The van der Waals surface area contributed by atoms with Gasteiger partial charge in [0.15, 0.2) is 0 Å². The van der Waals surface area contributed by atoms with Crippen LogP contribution in [0.4, 0.5) is 0 Å². The molecule has 3 nitrogen and oxygen atoms in total. The lowest BCUT2D eigenvalue weighted by Crippen LogP contribution is -2.42. The molecule has 0 saturated carbocycles. The van der Waals surface area contributed by atoms with Crippen LogP contribution >= 0.6 is 11.8 Å². The van der Waals surface area contributed by atoms with Crippen molar-refractivity contribution in [1.29, 1.82) is 0 Å². The maximum Gasteiger partial charge on any atom is 0.500 e. The first-order chi connectivity index (χ1) is 7.10. The third-order valence-electron chi connectivity index (χ3n) is 2.05. The summed E-state index contributed by atoms with van der Waals surface area (Å²) in [5, 5.41) is 0. The van der Waals surface area contributed by atoms with Gasteiger partial charge in [-0.3, -0.25) is 0 Å². The minimum Gasteiger partial charge on any atom is -0.377 e. The van der Waals surface area contributed by atoms with Crippen LogP contribution in [0.15, 0.2) is 12.2 Å². The first-order valence-corrected chi connectivity index (χ1v) is 8.06. The molecule has 0 saturated heterocycles. The third-order valence-corrected chi connectivity index (χ3v) is 6.16. The minimum atomic E-state index is -2.33. The van der Waals surface area contributed by atoms with Crippen LogP contribution in [0.2, 0.25) is 6.04 Å². The molecule has 90 valence electrons. The smallest absolute Gasteiger partial charge is 0.377 e. The van der Waals surface area contributed by atoms with E-state index in [9.17, 15) is 0 Å². The molecule has 0 aromatic heterocycles. The van der Waals surface area contributed by atoms with Crippen LogP contribution < -0.4 is 0 Å². The second-order valence-electron chi connectivity index (χ2n) is 3.41. The van der Waals surface area contributed by atoms with E-state index in [1.165, 1.54) is 5.57 Å². The van der Waals surface area contributed by atoms with Gasteiger partial charge in [-0.05, 0) is 19.1 Å². The second-order valence-corrected chi connectivity index (χ2v) is 7.60. The fourth-order valence-electron chi connectivity index (χ4n) is 1.19. The Morgan fingerprint density at radius 3 is 2.13 bits per heavy atom. The molecule has 0 aromatic rings. The molecule has 0 fully saturated rings. The Morgan fingerprint density at radius 2 is 1.73 bits per heavy atom. The van der Waals surface area contributed by atoms with Crippen LogP contribution in [0.5, 0.6) is 0 Å². The van der Waals surface area contributed by atoms with E-state index in [1.54, 1.807) is 21.3 Å². The molecule has 0 aliphatic rings. The normalized spacial score (nSPS) is 11.7. The molecule has 0 bridgehead atoms. The molecule has 0 spiro atoms. The van der Waals surface area contributed by atoms with Crippen molar-refractivity contribution < 1.29 is 13.3 Å². The van der Waals surface area contributed by atoms with Crippen LogP contribution in [0.25, 0.3) is 0 Å². The summed E-state index contributed by atoms with van der Waals surface area (Å²) in [4.78, 5) is 0. The summed E-state index contributed by atoms with van der Waals surface area (Å²) < 4.78 is 16.0. The summed E-state index contributed by atoms with van der Waals surface area (Å²) in [6.45, 7) is 5.91. The molecule has 0 aliphatic heterocycles. The SMILES string of the molecule is C=C(C)CSCCC[Si](OC)(OC)OC. The number of hydrogen-bond acceptors (Lipinski definition) is 4. The highest BCUT2D eigenvalue weighted by atomic mass is 32.2. The van der Waals surface area contributed by atoms with E-state index < -0.39 is 8.80 Å². The highest BCUT2D eigenvalue weighted by Crippen LogP contribution is 2.17. The Morgan fingerprint density at radius 1 is 1.20 bits per heavy atom. The van der Waals surface area contributed by atoms with Gasteiger partial charge in [0.05, 0.1) is 0 Å². The zero-order chi connectivity index (χ0) is 11.7. The minimum absolute atomic E-state index is 0.875. The van der Waals surface area contributed by atoms with Gasteiger partial charge in [-0.1, -0.05) is 12.2 Å². The lowest BCUT2D eigenvalue weighted by atomic mass is 10.4. The summed E-state index contributed by atoms with van der Waals surface area (Å²) in [7, 11) is 2.63. The van der Waals surface area contributed by atoms with Crippen molar-refractivity contribution in [3.8, 4) is 0 Å². The Bertz CT molecular complexity index is 175. The van der Waals surface area contributed by atoms with Crippen molar-refractivity contribution in [2.75, 3.05) is 32.8 Å². The fraction of sp³-hybridized carbons (Fsp3) is 0.800. The average molecular weight is 250 g/mol. The predicted molar refractivity (Wildman–Crippen MR) is 68.3 cm³/mol. The summed E-state index contributed by atoms with van der Waals surface area (Å²) in [6, 6.07) is 0.875. The molecule has 0 rings (SSSR count). The molecule has 0 aliphatic carbocycles. The van der Waals surface area contributed by atoms with E-state index in [0.717, 1.165) is 24.0 Å². The summed E-state index contributed by atoms with van der Waals surface area (Å²) in [5.74, 6) is 2.12. The largest absolute Gasteiger partial charge is 0.500 e. The van der Waals surface area contributed by atoms with Crippen molar-refractivity contribution in [2.24, 2.45) is 0 Å². The Balaban J connectivity index is 3.67. The summed E-state index contributed by atoms with van der Waals surface area (Å²) in [6.07, 6.45) is 1.06. The number of hydrogen-bond donors (Lipinski definition) is 0. The Kier molecular flexibility index (Phi) is 8.46. The molecule has 0 radical (unpaired) electrons. The van der Waals surface area contributed by atoms with Gasteiger partial charge in [-0.2, -0.15) is 11.8 Å². The number of thioether (sulfide) groups is 1. The maximum atomic E-state index is 5.33. The van der Waals surface area contributed by atoms with Crippen LogP contribution in [0.1, 0.15) is 13.3 Å². The standard InChI is InChI=1S/C10H22O3SSi/c1-10(2)9-14-7-6-8-15(11-3,12-4)13-5/h1,6-9H2,2-5H3. The van der Waals surface area contributed by atoms with Crippen molar-refractivity contribution in [1.82, 2.24) is 0 Å². The van der Waals surface area contributed by atoms with Gasteiger partial charge in [-0.15, -0.1) is 0 Å². The van der Waals surface area contributed by atoms with Gasteiger partial charge in [-0.25, -0.2) is 0 Å². The second kappa shape index (κ2) is 8.35. The molecule has 0 N–H and O–H groups in total. The molecule has 5 heteroatoms. The van der Waals surface area contributed by atoms with Crippen LogP contribution in [-0.2, 0) is 13.3 Å². The van der Waals surface area contributed by atoms with Crippen LogP contribution in [0.3, 0.4) is 0 Å². The van der Waals surface area contributed by atoms with Gasteiger partial charge in [0.1, 0.15) is 0 Å². The zero-order valence-corrected chi connectivity index (χ0v) is 12.0. The highest BCUT2D eigenvalue weighted by Gasteiger charge is 2.36. The molecule has 0 amide bonds. The van der Waals surface area contributed by atoms with E-state index >= 15 is 0 Å². The van der Waals surface area contributed by atoms with Crippen molar-refractivity contribution in [3.63, 3.8) is 0 Å². The monoisotopic (exact) mass is 250 g/mol. The quantitative estimate of drug-likeness (QED) is 0.357. The Labute approximate surface area is 98.5 Å². The first kappa shape index (κ1) is 15.2. The first-order valence-electron chi connectivity index (χ1n) is 4.98. The Hall–Kier alpha value is 0.187. The molecule has 0 heterocycles. The van der Waals surface area contributed by atoms with E-state index in [0.29, 0.717) is 0 Å². The van der Waals surface area contributed by atoms with Crippen LogP contribution in [-0.4, -0.2) is 41.6 Å². The van der Waals surface area contributed by atoms with Gasteiger partial charge in [0, 0.05) is 33.1 Å². The lowest BCUT2D eigenvalue weighted by molar-refractivity contribution is 0.123. The lowest BCUT2D eigenvalue weighted by Gasteiger charge is -2.24. The summed E-state index contributed by atoms with van der Waals surface area (Å²) in [5.41, 5.74) is 1.22. The van der Waals surface area contributed by atoms with Gasteiger partial charge in [0.25, 0.3) is 0 Å². The van der Waals surface area contributed by atoms with E-state index in [2.05, 4.69) is 6.58 Å². The average Bonchev–Trinajstić information content (AvgIpc) is 2.24. The fourth-order valence-corrected chi connectivity index (χ4v) is 4.01.